The van der Waals surface area contributed by atoms with Crippen LogP contribution in [0.2, 0.25) is 0 Å². The molecule has 0 aromatic heterocycles. The minimum absolute atomic E-state index is 0.166. The van der Waals surface area contributed by atoms with Crippen LogP contribution in [0.25, 0.3) is 0 Å². The molecule has 0 amide bonds. The van der Waals surface area contributed by atoms with Crippen LogP contribution in [-0.4, -0.2) is 66.2 Å². The van der Waals surface area contributed by atoms with Crippen molar-refractivity contribution in [2.45, 2.75) is 55.8 Å². The van der Waals surface area contributed by atoms with Gasteiger partial charge in [-0.15, -0.1) is 0 Å². The first-order valence-corrected chi connectivity index (χ1v) is 14.5. The Hall–Kier alpha value is -2.17. The van der Waals surface area contributed by atoms with Crippen molar-refractivity contribution in [2.75, 3.05) is 47.1 Å². The lowest BCUT2D eigenvalue weighted by atomic mass is 9.77. The van der Waals surface area contributed by atoms with Crippen LogP contribution in [0, 0.1) is 12.8 Å². The molecule has 1 spiro atoms. The summed E-state index contributed by atoms with van der Waals surface area (Å²) in [7, 11) is -0.398. The Bertz CT molecular complexity index is 1190. The molecule has 2 saturated heterocycles. The monoisotopic (exact) mass is 531 g/mol. The number of nitrogens with zero attached hydrogens (tertiary/aromatic N) is 1. The van der Waals surface area contributed by atoms with E-state index in [2.05, 4.69) is 17.0 Å². The van der Waals surface area contributed by atoms with Gasteiger partial charge in [0.05, 0.1) is 38.9 Å². The number of piperidine rings is 1. The first-order valence-electron chi connectivity index (χ1n) is 13.1. The van der Waals surface area contributed by atoms with Gasteiger partial charge in [0.1, 0.15) is 0 Å². The number of aryl methyl sites for hydroxylation is 1. The van der Waals surface area contributed by atoms with Crippen molar-refractivity contribution in [2.24, 2.45) is 5.92 Å². The summed E-state index contributed by atoms with van der Waals surface area (Å²) >= 11 is 0. The maximum Gasteiger partial charge on any atom is 0.296 e. The number of methoxy groups -OCH3 is 2. The maximum atomic E-state index is 12.5. The molecule has 2 atom stereocenters. The molecule has 0 unspecified atom stereocenters. The summed E-state index contributed by atoms with van der Waals surface area (Å²) in [6.45, 7) is 5.13. The Labute approximate surface area is 219 Å². The van der Waals surface area contributed by atoms with Gasteiger partial charge in [-0.2, -0.15) is 8.42 Å². The normalized spacial score (nSPS) is 23.0. The molecule has 3 aliphatic heterocycles. The molecular weight excluding hydrogens is 494 g/mol. The highest BCUT2D eigenvalue weighted by Crippen LogP contribution is 2.49. The highest BCUT2D eigenvalue weighted by atomic mass is 32.2. The third kappa shape index (κ3) is 5.38. The Morgan fingerprint density at radius 1 is 1.03 bits per heavy atom. The van der Waals surface area contributed by atoms with Crippen molar-refractivity contribution < 1.29 is 31.5 Å². The van der Waals surface area contributed by atoms with E-state index in [1.54, 1.807) is 38.5 Å². The molecule has 0 radical (unpaired) electrons. The Balaban J connectivity index is 1.22. The molecular formula is C28H37NO7S. The van der Waals surface area contributed by atoms with Gasteiger partial charge in [0, 0.05) is 31.5 Å². The molecule has 37 heavy (non-hydrogen) atoms. The minimum Gasteiger partial charge on any atom is -0.493 e. The third-order valence-electron chi connectivity index (χ3n) is 7.94. The molecule has 2 aromatic rings. The number of benzene rings is 2. The lowest BCUT2D eigenvalue weighted by Gasteiger charge is -2.51. The maximum absolute atomic E-state index is 12.5. The zero-order chi connectivity index (χ0) is 26.0. The van der Waals surface area contributed by atoms with E-state index < -0.39 is 15.9 Å². The van der Waals surface area contributed by atoms with Gasteiger partial charge >= 0.3 is 0 Å². The molecule has 202 valence electrons. The van der Waals surface area contributed by atoms with Gasteiger partial charge in [-0.3, -0.25) is 9.08 Å². The van der Waals surface area contributed by atoms with Crippen molar-refractivity contribution >= 4 is 10.1 Å². The van der Waals surface area contributed by atoms with Crippen LogP contribution in [0.1, 0.15) is 48.4 Å². The number of ether oxygens (including phenoxy) is 4. The van der Waals surface area contributed by atoms with Crippen LogP contribution < -0.4 is 9.47 Å². The lowest BCUT2D eigenvalue weighted by molar-refractivity contribution is -0.235. The van der Waals surface area contributed by atoms with Gasteiger partial charge in [0.2, 0.25) is 0 Å². The van der Waals surface area contributed by atoms with Crippen molar-refractivity contribution in [3.05, 3.63) is 53.1 Å². The molecule has 0 N–H and O–H groups in total. The largest absolute Gasteiger partial charge is 0.493 e. The zero-order valence-electron chi connectivity index (χ0n) is 21.9. The second-order valence-electron chi connectivity index (χ2n) is 10.2. The van der Waals surface area contributed by atoms with Gasteiger partial charge in [-0.05, 0) is 61.6 Å². The van der Waals surface area contributed by atoms with Gasteiger partial charge < -0.3 is 18.9 Å². The SMILES string of the molecule is COc1cc2c(cc1OC)[C@H]1CC3(OCCO3)[C@H](CCCCOS(=O)(=O)c3ccc(C)cc3)CN1CC2. The summed E-state index contributed by atoms with van der Waals surface area (Å²) in [5.74, 6) is 1.10. The smallest absolute Gasteiger partial charge is 0.296 e. The summed E-state index contributed by atoms with van der Waals surface area (Å²) < 4.78 is 54.0. The summed E-state index contributed by atoms with van der Waals surface area (Å²) in [6.07, 6.45) is 4.09. The molecule has 2 fully saturated rings. The van der Waals surface area contributed by atoms with E-state index in [4.69, 9.17) is 23.1 Å². The highest BCUT2D eigenvalue weighted by molar-refractivity contribution is 7.86. The first-order chi connectivity index (χ1) is 17.8. The van der Waals surface area contributed by atoms with Crippen LogP contribution in [0.5, 0.6) is 11.5 Å². The van der Waals surface area contributed by atoms with E-state index in [9.17, 15) is 8.42 Å². The van der Waals surface area contributed by atoms with Crippen molar-refractivity contribution in [3.8, 4) is 11.5 Å². The van der Waals surface area contributed by atoms with Gasteiger partial charge in [0.25, 0.3) is 10.1 Å². The fourth-order valence-corrected chi connectivity index (χ4v) is 6.91. The molecule has 0 aliphatic carbocycles. The van der Waals surface area contributed by atoms with Gasteiger partial charge in [-0.1, -0.05) is 24.1 Å². The van der Waals surface area contributed by atoms with E-state index in [-0.39, 0.29) is 23.5 Å². The van der Waals surface area contributed by atoms with E-state index in [0.717, 1.165) is 55.8 Å². The number of unbranched alkanes of at least 4 members (excludes halogenated alkanes) is 1. The average Bonchev–Trinajstić information content (AvgIpc) is 3.37. The summed E-state index contributed by atoms with van der Waals surface area (Å²) in [6, 6.07) is 11.1. The number of rotatable bonds is 9. The van der Waals surface area contributed by atoms with Crippen molar-refractivity contribution in [1.82, 2.24) is 4.90 Å². The Morgan fingerprint density at radius 3 is 2.43 bits per heavy atom. The van der Waals surface area contributed by atoms with Crippen LogP contribution >= 0.6 is 0 Å². The fraction of sp³-hybridized carbons (Fsp3) is 0.571. The van der Waals surface area contributed by atoms with E-state index >= 15 is 0 Å². The standard InChI is InChI=1S/C28H37NO7S/c1-20-7-9-23(10-8-20)37(30,31)36-13-5-4-6-22-19-29-12-11-21-16-26(32-2)27(33-3)17-24(21)25(29)18-28(22)34-14-15-35-28/h7-10,16-17,22,25H,4-6,11-15,18-19H2,1-3H3/t22-,25-/m1/s1. The highest BCUT2D eigenvalue weighted by Gasteiger charge is 2.52. The predicted octanol–water partition coefficient (Wildman–Crippen LogP) is 4.25. The summed E-state index contributed by atoms with van der Waals surface area (Å²) in [5, 5.41) is 0. The van der Waals surface area contributed by atoms with Crippen LogP contribution in [0.15, 0.2) is 41.3 Å². The number of hydrogen-bond donors (Lipinski definition) is 0. The molecule has 8 nitrogen and oxygen atoms in total. The second-order valence-corrected chi connectivity index (χ2v) is 11.8. The molecule has 2 aromatic carbocycles. The van der Waals surface area contributed by atoms with Crippen molar-refractivity contribution in [1.29, 1.82) is 0 Å². The van der Waals surface area contributed by atoms with E-state index in [1.165, 1.54) is 11.1 Å². The van der Waals surface area contributed by atoms with Gasteiger partial charge in [0.15, 0.2) is 17.3 Å². The van der Waals surface area contributed by atoms with Crippen molar-refractivity contribution in [3.63, 3.8) is 0 Å². The third-order valence-corrected chi connectivity index (χ3v) is 9.27. The molecule has 0 saturated carbocycles. The number of fused-ring (bicyclic) bond motifs is 3. The quantitative estimate of drug-likeness (QED) is 0.351. The minimum atomic E-state index is -3.74. The Kier molecular flexibility index (Phi) is 7.79. The molecule has 3 heterocycles. The molecule has 0 bridgehead atoms. The number of hydrogen-bond acceptors (Lipinski definition) is 8. The fourth-order valence-electron chi connectivity index (χ4n) is 5.97. The van der Waals surface area contributed by atoms with E-state index in [0.29, 0.717) is 19.6 Å². The van der Waals surface area contributed by atoms with Crippen LogP contribution in [-0.2, 0) is 30.2 Å². The Morgan fingerprint density at radius 2 is 1.73 bits per heavy atom. The summed E-state index contributed by atoms with van der Waals surface area (Å²) in [5.41, 5.74) is 3.56. The van der Waals surface area contributed by atoms with Gasteiger partial charge in [-0.25, -0.2) is 0 Å². The summed E-state index contributed by atoms with van der Waals surface area (Å²) in [4.78, 5) is 2.73. The molecule has 3 aliphatic rings. The zero-order valence-corrected chi connectivity index (χ0v) is 22.7. The topological polar surface area (TPSA) is 83.5 Å². The van der Waals surface area contributed by atoms with Crippen LogP contribution in [0.3, 0.4) is 0 Å². The van der Waals surface area contributed by atoms with E-state index in [1.807, 2.05) is 6.92 Å². The molecule has 9 heteroatoms. The first kappa shape index (κ1) is 26.4. The lowest BCUT2D eigenvalue weighted by Crippen LogP contribution is -2.55. The predicted molar refractivity (Wildman–Crippen MR) is 138 cm³/mol. The second kappa shape index (κ2) is 10.9. The molecule has 5 rings (SSSR count). The average molecular weight is 532 g/mol. The van der Waals surface area contributed by atoms with Crippen LogP contribution in [0.4, 0.5) is 0 Å².